The van der Waals surface area contributed by atoms with E-state index < -0.39 is 12.0 Å². The highest BCUT2D eigenvalue weighted by Gasteiger charge is 2.36. The molecule has 1 aromatic heterocycles. The van der Waals surface area contributed by atoms with Crippen molar-refractivity contribution in [2.75, 3.05) is 20.3 Å². The summed E-state index contributed by atoms with van der Waals surface area (Å²) in [5.74, 6) is 0.914. The van der Waals surface area contributed by atoms with Gasteiger partial charge in [-0.2, -0.15) is 0 Å². The lowest BCUT2D eigenvalue weighted by molar-refractivity contribution is -0.139. The maximum absolute atomic E-state index is 14.0. The minimum atomic E-state index is -0.753. The van der Waals surface area contributed by atoms with Crippen molar-refractivity contribution in [3.8, 4) is 11.5 Å². The van der Waals surface area contributed by atoms with Gasteiger partial charge in [-0.1, -0.05) is 40.6 Å². The highest BCUT2D eigenvalue weighted by Crippen LogP contribution is 2.38. The number of carbonyl (C=O) groups excluding carboxylic acids is 1. The molecular formula is C28H27BrI2N2O5S. The number of nitrogens with zero attached hydrogens (tertiary/aromatic N) is 2. The van der Waals surface area contributed by atoms with Gasteiger partial charge < -0.3 is 14.2 Å². The van der Waals surface area contributed by atoms with Crippen LogP contribution in [0.1, 0.15) is 50.8 Å². The Kier molecular flexibility index (Phi) is 10.3. The summed E-state index contributed by atoms with van der Waals surface area (Å²) >= 11 is 9.36. The number of ether oxygens (including phenoxy) is 3. The van der Waals surface area contributed by atoms with E-state index in [0.29, 0.717) is 44.9 Å². The van der Waals surface area contributed by atoms with Crippen LogP contribution in [0.25, 0.3) is 6.08 Å². The minimum absolute atomic E-state index is 0.212. The Morgan fingerprint density at radius 2 is 1.87 bits per heavy atom. The molecule has 2 aromatic carbocycles. The van der Waals surface area contributed by atoms with Crippen LogP contribution in [0.15, 0.2) is 55.9 Å². The number of benzene rings is 2. The summed E-state index contributed by atoms with van der Waals surface area (Å²) < 4.78 is 21.8. The number of fused-ring (bicyclic) bond motifs is 1. The van der Waals surface area contributed by atoms with Crippen molar-refractivity contribution in [3.05, 3.63) is 84.0 Å². The molecule has 0 fully saturated rings. The maximum Gasteiger partial charge on any atom is 0.338 e. The van der Waals surface area contributed by atoms with Crippen molar-refractivity contribution < 1.29 is 19.0 Å². The van der Waals surface area contributed by atoms with Gasteiger partial charge in [-0.3, -0.25) is 9.36 Å². The van der Waals surface area contributed by atoms with Crippen LogP contribution in [0.4, 0.5) is 0 Å². The summed E-state index contributed by atoms with van der Waals surface area (Å²) in [5, 5.41) is 0. The first kappa shape index (κ1) is 30.3. The first-order valence-electron chi connectivity index (χ1n) is 12.4. The third-order valence-electron chi connectivity index (χ3n) is 5.99. The number of methoxy groups -OCH3 is 1. The summed E-state index contributed by atoms with van der Waals surface area (Å²) in [6, 6.07) is 8.80. The number of esters is 1. The van der Waals surface area contributed by atoms with Crippen LogP contribution in [0.3, 0.4) is 0 Å². The largest absolute Gasteiger partial charge is 0.496 e. The minimum Gasteiger partial charge on any atom is -0.496 e. The second-order valence-electron chi connectivity index (χ2n) is 8.55. The Labute approximate surface area is 266 Å². The molecule has 1 aliphatic heterocycles. The summed E-state index contributed by atoms with van der Waals surface area (Å²) in [5.41, 5.74) is 2.31. The Hall–Kier alpha value is -1.71. The number of hydrogen-bond acceptors (Lipinski definition) is 7. The zero-order valence-electron chi connectivity index (χ0n) is 21.8. The van der Waals surface area contributed by atoms with Crippen LogP contribution >= 0.6 is 72.4 Å². The van der Waals surface area contributed by atoms with Gasteiger partial charge in [0.05, 0.1) is 43.3 Å². The molecule has 0 spiro atoms. The number of hydrogen-bond donors (Lipinski definition) is 0. The molecule has 0 aliphatic carbocycles. The van der Waals surface area contributed by atoms with E-state index in [1.54, 1.807) is 18.6 Å². The molecule has 1 atom stereocenters. The van der Waals surface area contributed by atoms with Crippen LogP contribution in [-0.2, 0) is 9.53 Å². The standard InChI is InChI=1S/C28H27BrI2N2O5S/c1-5-8-20-23(27(35)38-7-3)24(17-14-16(29)9-10-21(17)36-4)33-26(34)22(39-28(33)32-20)13-15-11-18(30)25(37-6-2)19(31)12-15/h9-14,24H,5-8H2,1-4H3/b22-13+/t24-/m0/s1. The third-order valence-corrected chi connectivity index (χ3v) is 9.06. The molecule has 0 saturated heterocycles. The molecule has 39 heavy (non-hydrogen) atoms. The quantitative estimate of drug-likeness (QED) is 0.197. The van der Waals surface area contributed by atoms with Gasteiger partial charge >= 0.3 is 5.97 Å². The summed E-state index contributed by atoms with van der Waals surface area (Å²) in [6.07, 6.45) is 3.22. The smallest absolute Gasteiger partial charge is 0.338 e. The van der Waals surface area contributed by atoms with Gasteiger partial charge in [-0.15, -0.1) is 0 Å². The summed E-state index contributed by atoms with van der Waals surface area (Å²) in [6.45, 7) is 6.54. The second kappa shape index (κ2) is 13.3. The third kappa shape index (κ3) is 6.30. The zero-order chi connectivity index (χ0) is 28.3. The van der Waals surface area contributed by atoms with Crippen LogP contribution < -0.4 is 24.4 Å². The molecular weight excluding hydrogens is 810 g/mol. The number of thiazole rings is 1. The van der Waals surface area contributed by atoms with Gasteiger partial charge in [0, 0.05) is 10.0 Å². The van der Waals surface area contributed by atoms with Gasteiger partial charge in [0.15, 0.2) is 4.80 Å². The first-order valence-corrected chi connectivity index (χ1v) is 16.2. The van der Waals surface area contributed by atoms with E-state index >= 15 is 0 Å². The number of halogens is 3. The highest BCUT2D eigenvalue weighted by atomic mass is 127. The molecule has 0 radical (unpaired) electrons. The monoisotopic (exact) mass is 836 g/mol. The summed E-state index contributed by atoms with van der Waals surface area (Å²) in [4.78, 5) is 32.8. The lowest BCUT2D eigenvalue weighted by Gasteiger charge is -2.27. The fourth-order valence-electron chi connectivity index (χ4n) is 4.43. The zero-order valence-corrected chi connectivity index (χ0v) is 28.6. The van der Waals surface area contributed by atoms with Crippen LogP contribution in [-0.4, -0.2) is 30.9 Å². The number of aromatic nitrogens is 1. The van der Waals surface area contributed by atoms with Gasteiger partial charge in [-0.05, 0) is 107 Å². The molecule has 7 nitrogen and oxygen atoms in total. The van der Waals surface area contributed by atoms with E-state index in [2.05, 4.69) is 61.1 Å². The van der Waals surface area contributed by atoms with E-state index in [4.69, 9.17) is 19.2 Å². The van der Waals surface area contributed by atoms with Crippen LogP contribution in [0, 0.1) is 7.14 Å². The highest BCUT2D eigenvalue weighted by molar-refractivity contribution is 14.1. The van der Waals surface area contributed by atoms with E-state index in [0.717, 1.165) is 29.3 Å². The number of carbonyl (C=O) groups is 1. The molecule has 0 unspecified atom stereocenters. The topological polar surface area (TPSA) is 79.1 Å². The maximum atomic E-state index is 14.0. The van der Waals surface area contributed by atoms with Crippen molar-refractivity contribution in [1.82, 2.24) is 4.57 Å². The molecule has 4 rings (SSSR count). The van der Waals surface area contributed by atoms with Crippen molar-refractivity contribution in [1.29, 1.82) is 0 Å². The van der Waals surface area contributed by atoms with Gasteiger partial charge in [0.25, 0.3) is 5.56 Å². The lowest BCUT2D eigenvalue weighted by Crippen LogP contribution is -2.40. The van der Waals surface area contributed by atoms with Gasteiger partial charge in [-0.25, -0.2) is 9.79 Å². The second-order valence-corrected chi connectivity index (χ2v) is 12.8. The van der Waals surface area contributed by atoms with Crippen LogP contribution in [0.2, 0.25) is 0 Å². The fraction of sp³-hybridized carbons (Fsp3) is 0.321. The number of allylic oxidation sites excluding steroid dienone is 1. The molecule has 206 valence electrons. The Morgan fingerprint density at radius 1 is 1.15 bits per heavy atom. The first-order chi connectivity index (χ1) is 18.7. The van der Waals surface area contributed by atoms with E-state index in [-0.39, 0.29) is 12.2 Å². The SMILES string of the molecule is CCCC1=C(C(=O)OCC)[C@H](c2cc(Br)ccc2OC)n2c(s/c(=C/c3cc(I)c(OCC)c(I)c3)c2=O)=N1. The van der Waals surface area contributed by atoms with Gasteiger partial charge in [0.2, 0.25) is 0 Å². The Balaban J connectivity index is 2.01. The normalized spacial score (nSPS) is 15.2. The molecule has 2 heterocycles. The fourth-order valence-corrected chi connectivity index (χ4v) is 7.96. The molecule has 0 amide bonds. The number of rotatable bonds is 9. The van der Waals surface area contributed by atoms with Crippen molar-refractivity contribution >= 4 is 84.5 Å². The molecule has 0 saturated carbocycles. The van der Waals surface area contributed by atoms with Crippen LogP contribution in [0.5, 0.6) is 11.5 Å². The molecule has 3 aromatic rings. The van der Waals surface area contributed by atoms with Crippen molar-refractivity contribution in [2.45, 2.75) is 39.7 Å². The van der Waals surface area contributed by atoms with E-state index in [1.807, 2.05) is 50.3 Å². The average molecular weight is 837 g/mol. The average Bonchev–Trinajstić information content (AvgIpc) is 3.20. The van der Waals surface area contributed by atoms with Gasteiger partial charge in [0.1, 0.15) is 17.5 Å². The molecule has 11 heteroatoms. The van der Waals surface area contributed by atoms with E-state index in [9.17, 15) is 9.59 Å². The molecule has 0 N–H and O–H groups in total. The Bertz CT molecular complexity index is 1610. The van der Waals surface area contributed by atoms with E-state index in [1.165, 1.54) is 11.3 Å². The van der Waals surface area contributed by atoms with Crippen molar-refractivity contribution in [3.63, 3.8) is 0 Å². The lowest BCUT2D eigenvalue weighted by atomic mass is 9.93. The molecule has 1 aliphatic rings. The molecule has 0 bridgehead atoms. The summed E-state index contributed by atoms with van der Waals surface area (Å²) in [7, 11) is 1.58. The predicted octanol–water partition coefficient (Wildman–Crippen LogP) is 5.96. The predicted molar refractivity (Wildman–Crippen MR) is 173 cm³/mol. The van der Waals surface area contributed by atoms with Crippen molar-refractivity contribution in [2.24, 2.45) is 4.99 Å². The Morgan fingerprint density at radius 3 is 2.49 bits per heavy atom.